The van der Waals surface area contributed by atoms with Gasteiger partial charge in [0.1, 0.15) is 0 Å². The lowest BCUT2D eigenvalue weighted by molar-refractivity contribution is 1.31. The average molecular weight is 177 g/mol. The van der Waals surface area contributed by atoms with Crippen LogP contribution in [0.5, 0.6) is 0 Å². The van der Waals surface area contributed by atoms with Crippen LogP contribution in [0.4, 0.5) is 5.69 Å². The van der Waals surface area contributed by atoms with Gasteiger partial charge in [0.15, 0.2) is 0 Å². The first-order valence-corrected chi connectivity index (χ1v) is 7.50. The lowest BCUT2D eigenvalue weighted by atomic mass is 10.3. The largest absolute Gasteiger partial charge is 0.129 e. The minimum atomic E-state index is -1.35. The summed E-state index contributed by atoms with van der Waals surface area (Å²) < 4.78 is 0. The first-order valence-electron chi connectivity index (χ1n) is 4.00. The van der Waals surface area contributed by atoms with Crippen LogP contribution in [0.1, 0.15) is 0 Å². The molecular weight excluding hydrogens is 164 g/mol. The van der Waals surface area contributed by atoms with E-state index in [0.717, 1.165) is 5.69 Å². The molecule has 1 aromatic carbocycles. The summed E-state index contributed by atoms with van der Waals surface area (Å²) >= 11 is 0. The molecule has 0 N–H and O–H groups in total. The van der Waals surface area contributed by atoms with Crippen molar-refractivity contribution in [3.63, 3.8) is 0 Å². The van der Waals surface area contributed by atoms with Gasteiger partial charge in [0.05, 0.1) is 13.8 Å². The highest BCUT2D eigenvalue weighted by Crippen LogP contribution is 2.13. The third-order valence-electron chi connectivity index (χ3n) is 1.82. The first-order chi connectivity index (χ1) is 5.55. The van der Waals surface area contributed by atoms with Gasteiger partial charge < -0.3 is 0 Å². The molecule has 3 heteroatoms. The Bertz CT molecular complexity index is 289. The zero-order valence-corrected chi connectivity index (χ0v) is 8.70. The fourth-order valence-electron chi connectivity index (χ4n) is 1.20. The average Bonchev–Trinajstić information content (AvgIpc) is 2.03. The molecule has 2 nitrogen and oxygen atoms in total. The molecule has 0 unspecified atom stereocenters. The smallest absolute Gasteiger partial charge is 0.0868 e. The molecular formula is C9H13N2Si. The van der Waals surface area contributed by atoms with Gasteiger partial charge in [-0.1, -0.05) is 37.8 Å². The highest BCUT2D eigenvalue weighted by Gasteiger charge is 2.19. The normalized spacial score (nSPS) is 11.2. The summed E-state index contributed by atoms with van der Waals surface area (Å²) in [6, 6.07) is 7.76. The molecule has 0 spiro atoms. The van der Waals surface area contributed by atoms with Gasteiger partial charge >= 0.3 is 0 Å². The van der Waals surface area contributed by atoms with Crippen LogP contribution in [0.25, 0.3) is 0 Å². The van der Waals surface area contributed by atoms with Crippen molar-refractivity contribution in [1.82, 2.24) is 5.53 Å². The number of rotatable bonds is 2. The molecule has 0 heterocycles. The van der Waals surface area contributed by atoms with Crippen molar-refractivity contribution in [1.29, 1.82) is 0 Å². The van der Waals surface area contributed by atoms with Crippen molar-refractivity contribution in [3.05, 3.63) is 24.3 Å². The summed E-state index contributed by atoms with van der Waals surface area (Å²) in [7, 11) is -1.35. The third kappa shape index (κ3) is 1.79. The highest BCUT2D eigenvalue weighted by atomic mass is 28.3. The van der Waals surface area contributed by atoms with Gasteiger partial charge in [0.25, 0.3) is 0 Å². The minimum Gasteiger partial charge on any atom is -0.129 e. The van der Waals surface area contributed by atoms with Gasteiger partial charge in [-0.3, -0.25) is 0 Å². The van der Waals surface area contributed by atoms with Gasteiger partial charge in [0.2, 0.25) is 0 Å². The van der Waals surface area contributed by atoms with Crippen molar-refractivity contribution in [2.45, 2.75) is 19.6 Å². The standard InChI is InChI=1S/C9H13N2Si/c1-12(2,3)9-7-5-4-6-8(9)11-10/h4-7H,1-3H3. The zero-order chi connectivity index (χ0) is 9.19. The third-order valence-corrected chi connectivity index (χ3v) is 3.86. The number of hydrogen-bond donors (Lipinski definition) is 0. The second kappa shape index (κ2) is 3.19. The molecule has 1 rings (SSSR count). The SMILES string of the molecule is C[Si](C)(C)c1ccccc1N=[N]. The Morgan fingerprint density at radius 3 is 2.17 bits per heavy atom. The van der Waals surface area contributed by atoms with Gasteiger partial charge in [-0.05, 0) is 16.8 Å². The van der Waals surface area contributed by atoms with E-state index in [1.165, 1.54) is 5.19 Å². The van der Waals surface area contributed by atoms with Crippen LogP contribution in [0, 0.1) is 0 Å². The summed E-state index contributed by atoms with van der Waals surface area (Å²) in [6.45, 7) is 6.70. The predicted molar refractivity (Wildman–Crippen MR) is 53.6 cm³/mol. The van der Waals surface area contributed by atoms with Crippen molar-refractivity contribution in [3.8, 4) is 0 Å². The van der Waals surface area contributed by atoms with Crippen molar-refractivity contribution in [2.75, 3.05) is 0 Å². The van der Waals surface area contributed by atoms with E-state index in [4.69, 9.17) is 5.53 Å². The van der Waals surface area contributed by atoms with Crippen LogP contribution in [-0.2, 0) is 0 Å². The fourth-order valence-corrected chi connectivity index (χ4v) is 2.69. The molecule has 1 radical (unpaired) electrons. The summed E-state index contributed by atoms with van der Waals surface area (Å²) in [5.74, 6) is 0. The van der Waals surface area contributed by atoms with E-state index in [0.29, 0.717) is 0 Å². The molecule has 12 heavy (non-hydrogen) atoms. The first kappa shape index (κ1) is 9.13. The van der Waals surface area contributed by atoms with E-state index in [1.54, 1.807) is 0 Å². The van der Waals surface area contributed by atoms with E-state index in [1.807, 2.05) is 24.3 Å². The molecule has 0 atom stereocenters. The Hall–Kier alpha value is -0.963. The molecule has 0 aromatic heterocycles. The van der Waals surface area contributed by atoms with Crippen LogP contribution in [0.2, 0.25) is 19.6 Å². The second-order valence-corrected chi connectivity index (χ2v) is 8.91. The summed E-state index contributed by atoms with van der Waals surface area (Å²) in [6.07, 6.45) is 0. The van der Waals surface area contributed by atoms with Crippen LogP contribution in [-0.4, -0.2) is 8.07 Å². The lowest BCUT2D eigenvalue weighted by Gasteiger charge is -2.17. The van der Waals surface area contributed by atoms with Gasteiger partial charge in [-0.15, -0.1) is 5.11 Å². The molecule has 1 aromatic rings. The van der Waals surface area contributed by atoms with Crippen molar-refractivity contribution in [2.24, 2.45) is 5.11 Å². The molecule has 0 fully saturated rings. The van der Waals surface area contributed by atoms with Gasteiger partial charge in [0, 0.05) is 0 Å². The Balaban J connectivity index is 3.23. The van der Waals surface area contributed by atoms with Crippen LogP contribution in [0.3, 0.4) is 0 Å². The fraction of sp³-hybridized carbons (Fsp3) is 0.333. The van der Waals surface area contributed by atoms with E-state index >= 15 is 0 Å². The monoisotopic (exact) mass is 177 g/mol. The molecule has 0 aliphatic rings. The minimum absolute atomic E-state index is 0.719. The molecule has 63 valence electrons. The van der Waals surface area contributed by atoms with Crippen LogP contribution >= 0.6 is 0 Å². The highest BCUT2D eigenvalue weighted by molar-refractivity contribution is 6.89. The van der Waals surface area contributed by atoms with E-state index in [-0.39, 0.29) is 0 Å². The van der Waals surface area contributed by atoms with E-state index in [2.05, 4.69) is 24.8 Å². The van der Waals surface area contributed by atoms with Crippen LogP contribution < -0.4 is 10.7 Å². The molecule has 0 bridgehead atoms. The lowest BCUT2D eigenvalue weighted by Crippen LogP contribution is -2.37. The maximum Gasteiger partial charge on any atom is 0.0868 e. The van der Waals surface area contributed by atoms with Gasteiger partial charge in [-0.25, -0.2) is 0 Å². The molecule has 0 saturated heterocycles. The van der Waals surface area contributed by atoms with E-state index in [9.17, 15) is 0 Å². The Morgan fingerprint density at radius 1 is 1.17 bits per heavy atom. The van der Waals surface area contributed by atoms with Gasteiger partial charge in [-0.2, -0.15) is 0 Å². The predicted octanol–water partition coefficient (Wildman–Crippen LogP) is 2.12. The van der Waals surface area contributed by atoms with Crippen LogP contribution in [0.15, 0.2) is 29.4 Å². The second-order valence-electron chi connectivity index (χ2n) is 3.87. The number of benzene rings is 1. The van der Waals surface area contributed by atoms with Crippen molar-refractivity contribution >= 4 is 18.9 Å². The van der Waals surface area contributed by atoms with E-state index < -0.39 is 8.07 Å². The number of nitrogens with zero attached hydrogens (tertiary/aromatic N) is 2. The molecule has 0 aliphatic heterocycles. The Labute approximate surface area is 74.1 Å². The van der Waals surface area contributed by atoms with Crippen molar-refractivity contribution < 1.29 is 0 Å². The number of hydrogen-bond acceptors (Lipinski definition) is 1. The quantitative estimate of drug-likeness (QED) is 0.490. The topological polar surface area (TPSA) is 34.7 Å². The summed E-state index contributed by atoms with van der Waals surface area (Å²) in [5, 5.41) is 4.47. The zero-order valence-electron chi connectivity index (χ0n) is 7.70. The maximum atomic E-state index is 8.73. The summed E-state index contributed by atoms with van der Waals surface area (Å²) in [4.78, 5) is 0. The maximum absolute atomic E-state index is 8.73. The molecule has 0 saturated carbocycles. The summed E-state index contributed by atoms with van der Waals surface area (Å²) in [5.41, 5.74) is 9.45. The Morgan fingerprint density at radius 2 is 1.75 bits per heavy atom. The molecule has 0 aliphatic carbocycles. The molecule has 0 amide bonds. The Kier molecular flexibility index (Phi) is 2.42.